The van der Waals surface area contributed by atoms with Crippen molar-refractivity contribution in [2.45, 2.75) is 13.1 Å². The predicted octanol–water partition coefficient (Wildman–Crippen LogP) is 4.26. The molecular weight excluding hydrogens is 416 g/mol. The van der Waals surface area contributed by atoms with Gasteiger partial charge in [-0.3, -0.25) is 15.1 Å². The lowest BCUT2D eigenvalue weighted by molar-refractivity contribution is 0.0952. The van der Waals surface area contributed by atoms with Crippen molar-refractivity contribution in [3.63, 3.8) is 0 Å². The van der Waals surface area contributed by atoms with Gasteiger partial charge in [0.05, 0.1) is 5.56 Å². The van der Waals surface area contributed by atoms with Crippen molar-refractivity contribution >= 4 is 28.7 Å². The fraction of sp³-hybridized carbons (Fsp3) is 0.115. The summed E-state index contributed by atoms with van der Waals surface area (Å²) in [6.07, 6.45) is 0.732. The highest BCUT2D eigenvalue weighted by Crippen LogP contribution is 2.22. The number of benzene rings is 3. The number of carbonyl (C=O) groups excluding carboxylic acids is 1. The first kappa shape index (κ1) is 21.8. The van der Waals surface area contributed by atoms with Crippen molar-refractivity contribution in [3.05, 3.63) is 107 Å². The summed E-state index contributed by atoms with van der Waals surface area (Å²) in [5.74, 6) is 0.120. The van der Waals surface area contributed by atoms with Crippen LogP contribution in [-0.4, -0.2) is 34.6 Å². The van der Waals surface area contributed by atoms with Gasteiger partial charge in [-0.05, 0) is 17.2 Å². The molecule has 33 heavy (non-hydrogen) atoms. The Labute approximate surface area is 191 Å². The van der Waals surface area contributed by atoms with Gasteiger partial charge in [0.2, 0.25) is 0 Å². The second-order valence-corrected chi connectivity index (χ2v) is 7.56. The molecule has 0 aliphatic heterocycles. The Bertz CT molecular complexity index is 1310. The van der Waals surface area contributed by atoms with E-state index in [0.29, 0.717) is 24.2 Å². The van der Waals surface area contributed by atoms with Crippen LogP contribution in [-0.2, 0) is 13.1 Å². The van der Waals surface area contributed by atoms with Crippen molar-refractivity contribution in [1.82, 2.24) is 15.2 Å². The molecule has 3 N–H and O–H groups in total. The number of hydrogen-bond donors (Lipinski definition) is 3. The number of amidine groups is 1. The molecule has 0 radical (unpaired) electrons. The topological polar surface area (TPSA) is 95.7 Å². The molecule has 0 aliphatic carbocycles. The summed E-state index contributed by atoms with van der Waals surface area (Å²) in [6.45, 7) is 1.03. The summed E-state index contributed by atoms with van der Waals surface area (Å²) >= 11 is 0. The van der Waals surface area contributed by atoms with Crippen LogP contribution < -0.4 is 10.6 Å². The lowest BCUT2D eigenvalue weighted by atomic mass is 10.1. The Morgan fingerprint density at radius 1 is 0.909 bits per heavy atom. The Morgan fingerprint density at radius 3 is 2.30 bits per heavy atom. The zero-order valence-corrected chi connectivity index (χ0v) is 18.2. The largest absolute Gasteiger partial charge is 0.465 e. The quantitative estimate of drug-likeness (QED) is 0.309. The molecule has 7 heteroatoms. The number of aromatic nitrogens is 1. The third-order valence-electron chi connectivity index (χ3n) is 5.36. The third kappa shape index (κ3) is 5.10. The Balaban J connectivity index is 1.49. The first-order valence-electron chi connectivity index (χ1n) is 10.5. The molecule has 1 aromatic heterocycles. The number of nitrogens with one attached hydrogen (secondary N) is 2. The van der Waals surface area contributed by atoms with Crippen LogP contribution in [0, 0.1) is 0 Å². The molecule has 0 atom stereocenters. The van der Waals surface area contributed by atoms with E-state index in [9.17, 15) is 9.59 Å². The minimum Gasteiger partial charge on any atom is -0.465 e. The van der Waals surface area contributed by atoms with Crippen molar-refractivity contribution in [1.29, 1.82) is 0 Å². The number of para-hydroxylation sites is 1. The predicted molar refractivity (Wildman–Crippen MR) is 129 cm³/mol. The fourth-order valence-corrected chi connectivity index (χ4v) is 3.76. The third-order valence-corrected chi connectivity index (χ3v) is 5.36. The molecule has 0 spiro atoms. The smallest absolute Gasteiger partial charge is 0.410 e. The average molecular weight is 441 g/mol. The van der Waals surface area contributed by atoms with Gasteiger partial charge in [0.25, 0.3) is 5.91 Å². The van der Waals surface area contributed by atoms with Crippen LogP contribution in [0.1, 0.15) is 27.0 Å². The zero-order chi connectivity index (χ0) is 23.2. The van der Waals surface area contributed by atoms with Crippen molar-refractivity contribution in [2.24, 2.45) is 4.99 Å². The molecule has 0 saturated carbocycles. The SMILES string of the molecule is CN=C(NC(=O)O)c1ccc(CNC(=O)c2cn(Cc3ccccc3)c3ccccc23)cc1. The second-order valence-electron chi connectivity index (χ2n) is 7.56. The Hall–Kier alpha value is -4.39. The van der Waals surface area contributed by atoms with E-state index in [1.807, 2.05) is 60.8 Å². The van der Waals surface area contributed by atoms with Gasteiger partial charge in [-0.15, -0.1) is 0 Å². The maximum atomic E-state index is 13.0. The van der Waals surface area contributed by atoms with E-state index in [1.165, 1.54) is 7.05 Å². The number of aliphatic imine (C=N–C) groups is 1. The number of carboxylic acid groups (broad SMARTS) is 1. The highest BCUT2D eigenvalue weighted by atomic mass is 16.4. The summed E-state index contributed by atoms with van der Waals surface area (Å²) in [6, 6.07) is 25.2. The number of hydrogen-bond acceptors (Lipinski definition) is 3. The maximum absolute atomic E-state index is 13.0. The summed E-state index contributed by atoms with van der Waals surface area (Å²) in [5.41, 5.74) is 4.35. The van der Waals surface area contributed by atoms with E-state index >= 15 is 0 Å². The van der Waals surface area contributed by atoms with Gasteiger partial charge in [0, 0.05) is 42.8 Å². The monoisotopic (exact) mass is 440 g/mol. The minimum absolute atomic E-state index is 0.148. The molecule has 0 aliphatic rings. The van der Waals surface area contributed by atoms with Crippen LogP contribution >= 0.6 is 0 Å². The van der Waals surface area contributed by atoms with Gasteiger partial charge in [-0.25, -0.2) is 4.79 Å². The first-order valence-corrected chi connectivity index (χ1v) is 10.5. The number of rotatable bonds is 6. The fourth-order valence-electron chi connectivity index (χ4n) is 3.76. The Kier molecular flexibility index (Phi) is 6.50. The number of nitrogens with zero attached hydrogens (tertiary/aromatic N) is 2. The van der Waals surface area contributed by atoms with E-state index in [1.54, 1.807) is 12.1 Å². The highest BCUT2D eigenvalue weighted by Gasteiger charge is 2.15. The van der Waals surface area contributed by atoms with Crippen molar-refractivity contribution < 1.29 is 14.7 Å². The molecule has 7 nitrogen and oxygen atoms in total. The van der Waals surface area contributed by atoms with Gasteiger partial charge < -0.3 is 15.0 Å². The van der Waals surface area contributed by atoms with E-state index in [0.717, 1.165) is 22.0 Å². The molecule has 0 fully saturated rings. The highest BCUT2D eigenvalue weighted by molar-refractivity contribution is 6.07. The number of amides is 2. The average Bonchev–Trinajstić information content (AvgIpc) is 3.20. The zero-order valence-electron chi connectivity index (χ0n) is 18.2. The molecule has 166 valence electrons. The van der Waals surface area contributed by atoms with E-state index in [-0.39, 0.29) is 11.7 Å². The van der Waals surface area contributed by atoms with E-state index in [2.05, 4.69) is 32.3 Å². The molecule has 2 amide bonds. The standard InChI is InChI=1S/C26H24N4O3/c1-27-24(29-26(32)33)20-13-11-18(12-14-20)15-28-25(31)22-17-30(16-19-7-3-2-4-8-19)23-10-6-5-9-21(22)23/h2-14,17H,15-16H2,1H3,(H,27,29)(H,28,31)(H,32,33). The second kappa shape index (κ2) is 9.82. The van der Waals surface area contributed by atoms with Crippen LogP contribution in [0.4, 0.5) is 4.79 Å². The normalized spacial score (nSPS) is 11.4. The Morgan fingerprint density at radius 2 is 1.61 bits per heavy atom. The maximum Gasteiger partial charge on any atom is 0.410 e. The molecular formula is C26H24N4O3. The van der Waals surface area contributed by atoms with Crippen LogP contribution in [0.3, 0.4) is 0 Å². The molecule has 4 aromatic rings. The summed E-state index contributed by atoms with van der Waals surface area (Å²) < 4.78 is 2.09. The molecule has 3 aromatic carbocycles. The minimum atomic E-state index is -1.17. The molecule has 0 unspecified atom stereocenters. The van der Waals surface area contributed by atoms with Crippen LogP contribution in [0.15, 0.2) is 90.1 Å². The summed E-state index contributed by atoms with van der Waals surface area (Å²) in [7, 11) is 1.52. The van der Waals surface area contributed by atoms with Gasteiger partial charge in [0.15, 0.2) is 0 Å². The molecule has 1 heterocycles. The molecule has 4 rings (SSSR count). The van der Waals surface area contributed by atoms with Gasteiger partial charge in [-0.2, -0.15) is 0 Å². The molecule has 0 saturated heterocycles. The van der Waals surface area contributed by atoms with Gasteiger partial charge in [0.1, 0.15) is 5.84 Å². The van der Waals surface area contributed by atoms with E-state index in [4.69, 9.17) is 5.11 Å². The van der Waals surface area contributed by atoms with Crippen molar-refractivity contribution in [3.8, 4) is 0 Å². The van der Waals surface area contributed by atoms with Crippen LogP contribution in [0.5, 0.6) is 0 Å². The van der Waals surface area contributed by atoms with Crippen LogP contribution in [0.2, 0.25) is 0 Å². The lowest BCUT2D eigenvalue weighted by Gasteiger charge is -2.08. The van der Waals surface area contributed by atoms with E-state index < -0.39 is 6.09 Å². The molecule has 0 bridgehead atoms. The lowest BCUT2D eigenvalue weighted by Crippen LogP contribution is -2.29. The van der Waals surface area contributed by atoms with Crippen LogP contribution in [0.25, 0.3) is 10.9 Å². The van der Waals surface area contributed by atoms with Gasteiger partial charge >= 0.3 is 6.09 Å². The van der Waals surface area contributed by atoms with Crippen molar-refractivity contribution in [2.75, 3.05) is 7.05 Å². The number of fused-ring (bicyclic) bond motifs is 1. The summed E-state index contributed by atoms with van der Waals surface area (Å²) in [4.78, 5) is 27.9. The van der Waals surface area contributed by atoms with Gasteiger partial charge in [-0.1, -0.05) is 72.8 Å². The first-order chi connectivity index (χ1) is 16.0. The summed E-state index contributed by atoms with van der Waals surface area (Å²) in [5, 5.41) is 15.1. The number of carbonyl (C=O) groups is 2.